The largest absolute Gasteiger partial charge is 0.352 e. The number of hydrogen-bond donors (Lipinski definition) is 1. The van der Waals surface area contributed by atoms with E-state index in [1.165, 1.54) is 17.1 Å². The van der Waals surface area contributed by atoms with E-state index in [2.05, 4.69) is 5.32 Å². The van der Waals surface area contributed by atoms with Crippen LogP contribution in [0.25, 0.3) is 0 Å². The van der Waals surface area contributed by atoms with Gasteiger partial charge in [0.1, 0.15) is 6.54 Å². The van der Waals surface area contributed by atoms with E-state index in [4.69, 9.17) is 0 Å². The standard InChI is InChI=1S/C22H28N2O3S/c1-18-13-15-21(16-14-18)28(26,27)24(20-11-7-4-8-12-20)17-22(25)23-19-9-5-2-3-6-10-19/h4,7-8,11-16,19H,2-3,5-6,9-10,17H2,1H3,(H,23,25). The average molecular weight is 401 g/mol. The van der Waals surface area contributed by atoms with Gasteiger partial charge in [0.05, 0.1) is 10.6 Å². The van der Waals surface area contributed by atoms with Crippen LogP contribution < -0.4 is 9.62 Å². The van der Waals surface area contributed by atoms with Crippen LogP contribution in [-0.2, 0) is 14.8 Å². The van der Waals surface area contributed by atoms with E-state index >= 15 is 0 Å². The van der Waals surface area contributed by atoms with E-state index in [1.807, 2.05) is 13.0 Å². The summed E-state index contributed by atoms with van der Waals surface area (Å²) in [6.45, 7) is 1.68. The van der Waals surface area contributed by atoms with Gasteiger partial charge in [0.15, 0.2) is 0 Å². The molecule has 0 aromatic heterocycles. The summed E-state index contributed by atoms with van der Waals surface area (Å²) in [6, 6.07) is 15.6. The Labute approximate surface area is 167 Å². The van der Waals surface area contributed by atoms with Crippen LogP contribution in [0.1, 0.15) is 44.1 Å². The molecular weight excluding hydrogens is 372 g/mol. The second kappa shape index (κ2) is 9.24. The Morgan fingerprint density at radius 1 is 0.964 bits per heavy atom. The molecule has 5 nitrogen and oxygen atoms in total. The SMILES string of the molecule is Cc1ccc(S(=O)(=O)N(CC(=O)NC2CCCCCC2)c2ccccc2)cc1. The molecule has 0 atom stereocenters. The molecule has 0 aliphatic heterocycles. The van der Waals surface area contributed by atoms with Crippen LogP contribution in [0.4, 0.5) is 5.69 Å². The summed E-state index contributed by atoms with van der Waals surface area (Å²) in [4.78, 5) is 12.9. The third-order valence-corrected chi connectivity index (χ3v) is 6.95. The molecule has 1 aliphatic rings. The van der Waals surface area contributed by atoms with E-state index in [0.717, 1.165) is 31.2 Å². The number of benzene rings is 2. The third kappa shape index (κ3) is 5.13. The highest BCUT2D eigenvalue weighted by Gasteiger charge is 2.27. The summed E-state index contributed by atoms with van der Waals surface area (Å²) in [7, 11) is -3.84. The van der Waals surface area contributed by atoms with Crippen LogP contribution in [0.5, 0.6) is 0 Å². The number of para-hydroxylation sites is 1. The molecule has 0 heterocycles. The van der Waals surface area contributed by atoms with Crippen molar-refractivity contribution in [3.05, 3.63) is 60.2 Å². The van der Waals surface area contributed by atoms with Crippen LogP contribution in [0.15, 0.2) is 59.5 Å². The molecule has 1 aliphatic carbocycles. The first-order valence-corrected chi connectivity index (χ1v) is 11.3. The van der Waals surface area contributed by atoms with Gasteiger partial charge in [0.2, 0.25) is 5.91 Å². The number of anilines is 1. The minimum Gasteiger partial charge on any atom is -0.352 e. The van der Waals surface area contributed by atoms with Crippen LogP contribution in [0.3, 0.4) is 0 Å². The molecular formula is C22H28N2O3S. The van der Waals surface area contributed by atoms with Gasteiger partial charge in [0.25, 0.3) is 10.0 Å². The second-order valence-electron chi connectivity index (χ2n) is 7.42. The van der Waals surface area contributed by atoms with Gasteiger partial charge in [-0.3, -0.25) is 9.10 Å². The summed E-state index contributed by atoms with van der Waals surface area (Å²) < 4.78 is 27.7. The van der Waals surface area contributed by atoms with Crippen LogP contribution in [-0.4, -0.2) is 26.9 Å². The first-order chi connectivity index (χ1) is 13.5. The lowest BCUT2D eigenvalue weighted by molar-refractivity contribution is -0.120. The first kappa shape index (κ1) is 20.4. The molecule has 0 saturated heterocycles. The number of amides is 1. The first-order valence-electron chi connectivity index (χ1n) is 9.90. The van der Waals surface area contributed by atoms with Crippen molar-refractivity contribution in [2.45, 2.75) is 56.4 Å². The van der Waals surface area contributed by atoms with Crippen molar-refractivity contribution < 1.29 is 13.2 Å². The lowest BCUT2D eigenvalue weighted by atomic mass is 10.1. The smallest absolute Gasteiger partial charge is 0.264 e. The van der Waals surface area contributed by atoms with Gasteiger partial charge >= 0.3 is 0 Å². The zero-order chi connectivity index (χ0) is 20.0. The van der Waals surface area contributed by atoms with Crippen molar-refractivity contribution in [2.75, 3.05) is 10.8 Å². The van der Waals surface area contributed by atoms with Crippen molar-refractivity contribution in [3.8, 4) is 0 Å². The van der Waals surface area contributed by atoms with E-state index in [0.29, 0.717) is 5.69 Å². The summed E-state index contributed by atoms with van der Waals surface area (Å²) >= 11 is 0. The van der Waals surface area contributed by atoms with Gasteiger partial charge in [-0.25, -0.2) is 8.42 Å². The molecule has 0 unspecified atom stereocenters. The Balaban J connectivity index is 1.83. The summed E-state index contributed by atoms with van der Waals surface area (Å²) in [6.07, 6.45) is 6.53. The normalized spacial score (nSPS) is 15.6. The number of hydrogen-bond acceptors (Lipinski definition) is 3. The maximum atomic E-state index is 13.3. The topological polar surface area (TPSA) is 66.5 Å². The highest BCUT2D eigenvalue weighted by Crippen LogP contribution is 2.24. The van der Waals surface area contributed by atoms with Crippen molar-refractivity contribution in [1.82, 2.24) is 5.32 Å². The summed E-state index contributed by atoms with van der Waals surface area (Å²) in [5.74, 6) is -0.258. The Hall–Kier alpha value is -2.34. The zero-order valence-corrected chi connectivity index (χ0v) is 17.1. The minimum atomic E-state index is -3.84. The molecule has 0 spiro atoms. The Morgan fingerprint density at radius 2 is 1.57 bits per heavy atom. The molecule has 3 rings (SSSR count). The van der Waals surface area contributed by atoms with E-state index < -0.39 is 10.0 Å². The van der Waals surface area contributed by atoms with E-state index in [-0.39, 0.29) is 23.4 Å². The maximum Gasteiger partial charge on any atom is 0.264 e. The van der Waals surface area contributed by atoms with Crippen LogP contribution >= 0.6 is 0 Å². The molecule has 0 radical (unpaired) electrons. The number of carbonyl (C=O) groups is 1. The van der Waals surface area contributed by atoms with E-state index in [1.54, 1.807) is 48.5 Å². The van der Waals surface area contributed by atoms with Crippen molar-refractivity contribution in [3.63, 3.8) is 0 Å². The molecule has 1 N–H and O–H groups in total. The lowest BCUT2D eigenvalue weighted by Crippen LogP contribution is -2.44. The molecule has 6 heteroatoms. The molecule has 2 aromatic rings. The minimum absolute atomic E-state index is 0.134. The highest BCUT2D eigenvalue weighted by molar-refractivity contribution is 7.92. The Bertz CT molecular complexity index is 872. The zero-order valence-electron chi connectivity index (χ0n) is 16.3. The number of rotatable bonds is 6. The average Bonchev–Trinajstić information content (AvgIpc) is 2.95. The number of nitrogens with one attached hydrogen (secondary N) is 1. The Kier molecular flexibility index (Phi) is 6.73. The van der Waals surface area contributed by atoms with Gasteiger partial charge in [-0.2, -0.15) is 0 Å². The monoisotopic (exact) mass is 400 g/mol. The summed E-state index contributed by atoms with van der Waals surface area (Å²) in [5.41, 5.74) is 1.47. The predicted molar refractivity (Wildman–Crippen MR) is 112 cm³/mol. The number of carbonyl (C=O) groups excluding carboxylic acids is 1. The fourth-order valence-corrected chi connectivity index (χ4v) is 5.00. The fourth-order valence-electron chi connectivity index (χ4n) is 3.57. The molecule has 0 bridgehead atoms. The van der Waals surface area contributed by atoms with Gasteiger partial charge in [-0.15, -0.1) is 0 Å². The van der Waals surface area contributed by atoms with Crippen molar-refractivity contribution in [1.29, 1.82) is 0 Å². The molecule has 1 amide bonds. The number of nitrogens with zero attached hydrogens (tertiary/aromatic N) is 1. The van der Waals surface area contributed by atoms with Crippen molar-refractivity contribution in [2.24, 2.45) is 0 Å². The highest BCUT2D eigenvalue weighted by atomic mass is 32.2. The van der Waals surface area contributed by atoms with Gasteiger partial charge in [-0.1, -0.05) is 61.6 Å². The molecule has 2 aromatic carbocycles. The maximum absolute atomic E-state index is 13.3. The van der Waals surface area contributed by atoms with Gasteiger partial charge < -0.3 is 5.32 Å². The molecule has 1 fully saturated rings. The van der Waals surface area contributed by atoms with Crippen LogP contribution in [0, 0.1) is 6.92 Å². The van der Waals surface area contributed by atoms with Crippen LogP contribution in [0.2, 0.25) is 0 Å². The molecule has 1 saturated carbocycles. The third-order valence-electron chi connectivity index (χ3n) is 5.16. The number of sulfonamides is 1. The second-order valence-corrected chi connectivity index (χ2v) is 9.28. The van der Waals surface area contributed by atoms with Gasteiger partial charge in [0, 0.05) is 6.04 Å². The lowest BCUT2D eigenvalue weighted by Gasteiger charge is -2.25. The summed E-state index contributed by atoms with van der Waals surface area (Å²) in [5, 5.41) is 3.05. The fraction of sp³-hybridized carbons (Fsp3) is 0.409. The van der Waals surface area contributed by atoms with Gasteiger partial charge in [-0.05, 0) is 44.0 Å². The quantitative estimate of drug-likeness (QED) is 0.745. The number of aryl methyl sites for hydroxylation is 1. The van der Waals surface area contributed by atoms with Crippen molar-refractivity contribution >= 4 is 21.6 Å². The Morgan fingerprint density at radius 3 is 2.18 bits per heavy atom. The van der Waals surface area contributed by atoms with E-state index in [9.17, 15) is 13.2 Å². The predicted octanol–water partition coefficient (Wildman–Crippen LogP) is 4.03. The molecule has 150 valence electrons. The molecule has 28 heavy (non-hydrogen) atoms.